The molecular formula is C27H27FN6O3. The summed E-state index contributed by atoms with van der Waals surface area (Å²) < 4.78 is 14.6. The predicted molar refractivity (Wildman–Crippen MR) is 139 cm³/mol. The zero-order valence-electron chi connectivity index (χ0n) is 20.4. The molecule has 9 nitrogen and oxygen atoms in total. The van der Waals surface area contributed by atoms with Crippen molar-refractivity contribution in [3.05, 3.63) is 87.6 Å². The maximum absolute atomic E-state index is 14.6. The van der Waals surface area contributed by atoms with E-state index in [1.807, 2.05) is 19.9 Å². The third-order valence-corrected chi connectivity index (χ3v) is 6.52. The van der Waals surface area contributed by atoms with Crippen molar-refractivity contribution < 1.29 is 14.3 Å². The number of carbonyl (C=O) groups excluding carboxylic acids is 1. The lowest BCUT2D eigenvalue weighted by molar-refractivity contribution is 0.102. The first-order valence-electron chi connectivity index (χ1n) is 12.0. The Morgan fingerprint density at radius 2 is 1.81 bits per heavy atom. The van der Waals surface area contributed by atoms with E-state index in [-0.39, 0.29) is 18.0 Å². The van der Waals surface area contributed by atoms with Gasteiger partial charge in [-0.25, -0.2) is 9.49 Å². The Balaban J connectivity index is 1.35. The van der Waals surface area contributed by atoms with E-state index in [0.717, 1.165) is 24.1 Å². The van der Waals surface area contributed by atoms with Gasteiger partial charge in [0, 0.05) is 34.2 Å². The molecule has 0 bridgehead atoms. The fraction of sp³-hybridized carbons (Fsp3) is 0.259. The molecule has 1 aliphatic rings. The summed E-state index contributed by atoms with van der Waals surface area (Å²) in [5.74, 6) is -0.0780. The highest BCUT2D eigenvalue weighted by Gasteiger charge is 2.25. The van der Waals surface area contributed by atoms with Crippen molar-refractivity contribution in [3.63, 3.8) is 0 Å². The average Bonchev–Trinajstić information content (AvgIpc) is 3.65. The smallest absolute Gasteiger partial charge is 0.287 e. The molecule has 1 aliphatic carbocycles. The molecule has 0 unspecified atom stereocenters. The van der Waals surface area contributed by atoms with Crippen LogP contribution in [0.15, 0.2) is 59.4 Å². The zero-order chi connectivity index (χ0) is 26.2. The Bertz CT molecular complexity index is 1510. The van der Waals surface area contributed by atoms with Crippen LogP contribution in [0, 0.1) is 5.82 Å². The zero-order valence-corrected chi connectivity index (χ0v) is 20.4. The van der Waals surface area contributed by atoms with Gasteiger partial charge in [0.25, 0.3) is 11.5 Å². The maximum Gasteiger partial charge on any atom is 0.287 e. The number of halogens is 1. The second-order valence-electron chi connectivity index (χ2n) is 9.87. The molecule has 0 spiro atoms. The molecule has 2 heterocycles. The van der Waals surface area contributed by atoms with Gasteiger partial charge in [-0.15, -0.1) is 0 Å². The Morgan fingerprint density at radius 3 is 2.51 bits per heavy atom. The number of aliphatic hydroxyl groups is 1. The normalized spacial score (nSPS) is 13.4. The number of carbonyl (C=O) groups is 1. The molecule has 0 saturated heterocycles. The highest BCUT2D eigenvalue weighted by atomic mass is 19.1. The van der Waals surface area contributed by atoms with Gasteiger partial charge in [0.15, 0.2) is 5.82 Å². The third-order valence-electron chi connectivity index (χ3n) is 6.52. The van der Waals surface area contributed by atoms with Crippen molar-refractivity contribution in [1.29, 1.82) is 0 Å². The standard InChI is InChI=1S/C27H27FN6O3/c1-27(2,14-35)18-8-5-16(6-9-18)25(36)30-22-11-17(7-10-19(22)28)20-12-23(26(37)34-32-20)29-24-13-21(31-33-24)15-3-4-15/h5-13,15,35H,3-4,14H2,1-2H3,(H,30,36)(H,34,37)(H2,29,31,32,33). The van der Waals surface area contributed by atoms with Crippen LogP contribution >= 0.6 is 0 Å². The first kappa shape index (κ1) is 24.4. The molecule has 4 aromatic rings. The molecule has 0 radical (unpaired) electrons. The first-order valence-corrected chi connectivity index (χ1v) is 12.0. The van der Waals surface area contributed by atoms with Gasteiger partial charge in [-0.3, -0.25) is 14.7 Å². The van der Waals surface area contributed by atoms with Crippen molar-refractivity contribution in [2.45, 2.75) is 38.0 Å². The van der Waals surface area contributed by atoms with Gasteiger partial charge in [-0.05, 0) is 54.8 Å². The van der Waals surface area contributed by atoms with Gasteiger partial charge < -0.3 is 15.7 Å². The number of hydrogen-bond acceptors (Lipinski definition) is 6. The quantitative estimate of drug-likeness (QED) is 0.242. The number of aromatic amines is 2. The fourth-order valence-corrected chi connectivity index (χ4v) is 3.93. The second-order valence-corrected chi connectivity index (χ2v) is 9.87. The number of aromatic nitrogens is 4. The van der Waals surface area contributed by atoms with E-state index in [1.54, 1.807) is 30.3 Å². The van der Waals surface area contributed by atoms with Gasteiger partial charge in [0.05, 0.1) is 18.0 Å². The highest BCUT2D eigenvalue weighted by Crippen LogP contribution is 2.39. The summed E-state index contributed by atoms with van der Waals surface area (Å²) in [7, 11) is 0. The van der Waals surface area contributed by atoms with E-state index in [2.05, 4.69) is 31.0 Å². The van der Waals surface area contributed by atoms with Crippen LogP contribution in [-0.2, 0) is 5.41 Å². The van der Waals surface area contributed by atoms with Gasteiger partial charge >= 0.3 is 0 Å². The van der Waals surface area contributed by atoms with E-state index < -0.39 is 22.7 Å². The summed E-state index contributed by atoms with van der Waals surface area (Å²) in [4.78, 5) is 25.1. The topological polar surface area (TPSA) is 136 Å². The van der Waals surface area contributed by atoms with E-state index in [9.17, 15) is 19.1 Å². The van der Waals surface area contributed by atoms with Gasteiger partial charge in [0.1, 0.15) is 11.5 Å². The summed E-state index contributed by atoms with van der Waals surface area (Å²) in [5, 5.41) is 28.9. The number of amides is 1. The number of rotatable bonds is 8. The van der Waals surface area contributed by atoms with Gasteiger partial charge in [-0.1, -0.05) is 26.0 Å². The largest absolute Gasteiger partial charge is 0.395 e. The van der Waals surface area contributed by atoms with Crippen LogP contribution in [0.5, 0.6) is 0 Å². The SMILES string of the molecule is CC(C)(CO)c1ccc(C(=O)Nc2cc(-c3cc(Nc4cc(C5CC5)[nH]n4)c(=O)[nH]n3)ccc2F)cc1. The molecule has 2 aromatic heterocycles. The molecule has 5 N–H and O–H groups in total. The van der Waals surface area contributed by atoms with Crippen molar-refractivity contribution in [2.75, 3.05) is 17.2 Å². The van der Waals surface area contributed by atoms with Crippen LogP contribution in [0.4, 0.5) is 21.6 Å². The van der Waals surface area contributed by atoms with Crippen molar-refractivity contribution in [1.82, 2.24) is 20.4 Å². The van der Waals surface area contributed by atoms with Crippen molar-refractivity contribution in [3.8, 4) is 11.3 Å². The summed E-state index contributed by atoms with van der Waals surface area (Å²) in [5.41, 5.74) is 2.48. The molecular weight excluding hydrogens is 475 g/mol. The van der Waals surface area contributed by atoms with Gasteiger partial charge in [-0.2, -0.15) is 10.2 Å². The fourth-order valence-electron chi connectivity index (χ4n) is 3.93. The number of benzene rings is 2. The molecule has 0 aliphatic heterocycles. The minimum Gasteiger partial charge on any atom is -0.395 e. The molecule has 37 heavy (non-hydrogen) atoms. The van der Waals surface area contributed by atoms with E-state index in [1.165, 1.54) is 18.2 Å². The lowest BCUT2D eigenvalue weighted by Crippen LogP contribution is -2.22. The van der Waals surface area contributed by atoms with Crippen LogP contribution in [0.1, 0.15) is 54.2 Å². The minimum atomic E-state index is -0.609. The number of nitrogens with one attached hydrogen (secondary N) is 4. The van der Waals surface area contributed by atoms with Crippen LogP contribution in [0.2, 0.25) is 0 Å². The van der Waals surface area contributed by atoms with Crippen molar-refractivity contribution in [2.24, 2.45) is 0 Å². The van der Waals surface area contributed by atoms with Gasteiger partial charge in [0.2, 0.25) is 0 Å². The lowest BCUT2D eigenvalue weighted by atomic mass is 9.85. The third kappa shape index (κ3) is 5.29. The minimum absolute atomic E-state index is 0.0221. The summed E-state index contributed by atoms with van der Waals surface area (Å²) in [6.45, 7) is 3.76. The van der Waals surface area contributed by atoms with E-state index >= 15 is 0 Å². The molecule has 10 heteroatoms. The van der Waals surface area contributed by atoms with Crippen molar-refractivity contribution >= 4 is 23.1 Å². The second kappa shape index (κ2) is 9.62. The van der Waals surface area contributed by atoms with Crippen LogP contribution in [-0.4, -0.2) is 38.0 Å². The lowest BCUT2D eigenvalue weighted by Gasteiger charge is -2.22. The Labute approximate surface area is 212 Å². The van der Waals surface area contributed by atoms with Crippen LogP contribution in [0.3, 0.4) is 0 Å². The predicted octanol–water partition coefficient (Wildman–Crippen LogP) is 4.44. The van der Waals surface area contributed by atoms with E-state index in [0.29, 0.717) is 28.6 Å². The molecule has 2 aromatic carbocycles. The highest BCUT2D eigenvalue weighted by molar-refractivity contribution is 6.04. The molecule has 5 rings (SSSR count). The Kier molecular flexibility index (Phi) is 6.34. The monoisotopic (exact) mass is 502 g/mol. The summed E-state index contributed by atoms with van der Waals surface area (Å²) >= 11 is 0. The van der Waals surface area contributed by atoms with Crippen LogP contribution in [0.25, 0.3) is 11.3 Å². The Morgan fingerprint density at radius 1 is 1.05 bits per heavy atom. The molecule has 0 atom stereocenters. The number of H-pyrrole nitrogens is 2. The number of hydrogen-bond donors (Lipinski definition) is 5. The Hall–Kier alpha value is -4.31. The summed E-state index contributed by atoms with van der Waals surface area (Å²) in [6.07, 6.45) is 2.25. The number of anilines is 3. The number of aliphatic hydroxyl groups excluding tert-OH is 1. The molecule has 1 amide bonds. The molecule has 190 valence electrons. The van der Waals surface area contributed by atoms with E-state index in [4.69, 9.17) is 0 Å². The summed E-state index contributed by atoms with van der Waals surface area (Å²) in [6, 6.07) is 14.4. The average molecular weight is 503 g/mol. The molecule has 1 fully saturated rings. The van der Waals surface area contributed by atoms with Crippen LogP contribution < -0.4 is 16.2 Å². The first-order chi connectivity index (χ1) is 17.7. The number of nitrogens with zero attached hydrogens (tertiary/aromatic N) is 2. The molecule has 1 saturated carbocycles. The maximum atomic E-state index is 14.6.